The van der Waals surface area contributed by atoms with Crippen LogP contribution in [0.15, 0.2) is 30.6 Å². The molecule has 102 valence electrons. The molecule has 0 fully saturated rings. The van der Waals surface area contributed by atoms with Crippen LogP contribution in [0.25, 0.3) is 0 Å². The standard InChI is InChI=1S/C16H15FN2O/c17-15-6-11(7-18)4-5-13(15)9-19-8-12-2-1-3-16(20)14(12)10-19/h4-6,8,10,16,20H,1-3,9H2. The minimum atomic E-state index is -0.397. The summed E-state index contributed by atoms with van der Waals surface area (Å²) in [5.74, 6) is -0.365. The maximum atomic E-state index is 13.9. The van der Waals surface area contributed by atoms with Crippen LogP contribution in [0.1, 0.15) is 41.2 Å². The van der Waals surface area contributed by atoms with Crippen LogP contribution in [0.3, 0.4) is 0 Å². The molecule has 0 saturated heterocycles. The summed E-state index contributed by atoms with van der Waals surface area (Å²) in [6, 6.07) is 6.45. The molecule has 0 aliphatic heterocycles. The van der Waals surface area contributed by atoms with E-state index in [0.717, 1.165) is 30.4 Å². The number of hydrogen-bond acceptors (Lipinski definition) is 2. The molecule has 1 heterocycles. The van der Waals surface area contributed by atoms with Gasteiger partial charge in [0.1, 0.15) is 5.82 Å². The van der Waals surface area contributed by atoms with E-state index < -0.39 is 6.10 Å². The summed E-state index contributed by atoms with van der Waals surface area (Å²) in [6.07, 6.45) is 6.23. The first-order valence-electron chi connectivity index (χ1n) is 6.72. The van der Waals surface area contributed by atoms with Gasteiger partial charge in [0.25, 0.3) is 0 Å². The zero-order valence-corrected chi connectivity index (χ0v) is 11.0. The quantitative estimate of drug-likeness (QED) is 0.912. The molecule has 1 aliphatic rings. The summed E-state index contributed by atoms with van der Waals surface area (Å²) < 4.78 is 15.8. The Morgan fingerprint density at radius 1 is 1.40 bits per heavy atom. The third kappa shape index (κ3) is 2.33. The average molecular weight is 270 g/mol. The number of aromatic nitrogens is 1. The van der Waals surface area contributed by atoms with E-state index in [1.807, 2.05) is 23.0 Å². The molecule has 1 atom stereocenters. The molecule has 0 spiro atoms. The lowest BCUT2D eigenvalue weighted by molar-refractivity contribution is 0.157. The highest BCUT2D eigenvalue weighted by Gasteiger charge is 2.20. The number of rotatable bonds is 2. The first-order valence-corrected chi connectivity index (χ1v) is 6.72. The Labute approximate surface area is 116 Å². The number of halogens is 1. The summed E-state index contributed by atoms with van der Waals surface area (Å²) in [4.78, 5) is 0. The lowest BCUT2D eigenvalue weighted by Crippen LogP contribution is -2.05. The highest BCUT2D eigenvalue weighted by atomic mass is 19.1. The summed E-state index contributed by atoms with van der Waals surface area (Å²) in [5, 5.41) is 18.7. The number of hydrogen-bond donors (Lipinski definition) is 1. The van der Waals surface area contributed by atoms with E-state index in [1.54, 1.807) is 12.1 Å². The first kappa shape index (κ1) is 12.9. The Hall–Kier alpha value is -2.12. The van der Waals surface area contributed by atoms with Gasteiger partial charge >= 0.3 is 0 Å². The maximum Gasteiger partial charge on any atom is 0.129 e. The van der Waals surface area contributed by atoms with E-state index in [4.69, 9.17) is 5.26 Å². The number of fused-ring (bicyclic) bond motifs is 1. The number of nitriles is 1. The summed E-state index contributed by atoms with van der Waals surface area (Å²) in [6.45, 7) is 0.414. The largest absolute Gasteiger partial charge is 0.388 e. The smallest absolute Gasteiger partial charge is 0.129 e. The molecular formula is C16H15FN2O. The van der Waals surface area contributed by atoms with Crippen molar-refractivity contribution in [1.82, 2.24) is 4.57 Å². The number of benzene rings is 1. The molecule has 0 radical (unpaired) electrons. The van der Waals surface area contributed by atoms with Gasteiger partial charge in [-0.3, -0.25) is 0 Å². The lowest BCUT2D eigenvalue weighted by atomic mass is 9.93. The maximum absolute atomic E-state index is 13.9. The molecule has 1 unspecified atom stereocenters. The van der Waals surface area contributed by atoms with Gasteiger partial charge in [-0.1, -0.05) is 6.07 Å². The Balaban J connectivity index is 1.87. The van der Waals surface area contributed by atoms with Gasteiger partial charge in [0.15, 0.2) is 0 Å². The van der Waals surface area contributed by atoms with Crippen molar-refractivity contribution in [1.29, 1.82) is 5.26 Å². The van der Waals surface area contributed by atoms with Gasteiger partial charge in [0, 0.05) is 30.1 Å². The molecule has 2 aromatic rings. The molecular weight excluding hydrogens is 255 g/mol. The van der Waals surface area contributed by atoms with Crippen LogP contribution >= 0.6 is 0 Å². The molecule has 1 aromatic heterocycles. The van der Waals surface area contributed by atoms with Gasteiger partial charge in [0.05, 0.1) is 17.7 Å². The van der Waals surface area contributed by atoms with Crippen LogP contribution in [0.5, 0.6) is 0 Å². The number of nitrogens with zero attached hydrogens (tertiary/aromatic N) is 2. The molecule has 1 N–H and O–H groups in total. The number of aryl methyl sites for hydroxylation is 1. The summed E-state index contributed by atoms with van der Waals surface area (Å²) >= 11 is 0. The number of aliphatic hydroxyl groups is 1. The summed E-state index contributed by atoms with van der Waals surface area (Å²) in [5.41, 5.74) is 2.99. The predicted molar refractivity (Wildman–Crippen MR) is 72.5 cm³/mol. The van der Waals surface area contributed by atoms with E-state index in [9.17, 15) is 9.50 Å². The van der Waals surface area contributed by atoms with Crippen molar-refractivity contribution in [2.75, 3.05) is 0 Å². The van der Waals surface area contributed by atoms with E-state index in [1.165, 1.54) is 6.07 Å². The van der Waals surface area contributed by atoms with Crippen LogP contribution in [-0.4, -0.2) is 9.67 Å². The minimum absolute atomic E-state index is 0.327. The fourth-order valence-corrected chi connectivity index (χ4v) is 2.76. The van der Waals surface area contributed by atoms with Crippen LogP contribution < -0.4 is 0 Å². The highest BCUT2D eigenvalue weighted by Crippen LogP contribution is 2.30. The molecule has 1 aromatic carbocycles. The van der Waals surface area contributed by atoms with Crippen molar-refractivity contribution in [3.8, 4) is 6.07 Å². The Bertz CT molecular complexity index is 684. The lowest BCUT2D eigenvalue weighted by Gasteiger charge is -2.16. The molecule has 0 amide bonds. The molecule has 20 heavy (non-hydrogen) atoms. The van der Waals surface area contributed by atoms with Gasteiger partial charge in [-0.05, 0) is 37.0 Å². The van der Waals surface area contributed by atoms with Crippen molar-refractivity contribution in [3.05, 3.63) is 58.7 Å². The van der Waals surface area contributed by atoms with Crippen molar-refractivity contribution < 1.29 is 9.50 Å². The second kappa shape index (κ2) is 5.10. The summed E-state index contributed by atoms with van der Waals surface area (Å²) in [7, 11) is 0. The molecule has 4 heteroatoms. The molecule has 3 nitrogen and oxygen atoms in total. The third-order valence-electron chi connectivity index (χ3n) is 3.82. The van der Waals surface area contributed by atoms with Gasteiger partial charge < -0.3 is 9.67 Å². The van der Waals surface area contributed by atoms with Crippen molar-refractivity contribution in [2.24, 2.45) is 0 Å². The van der Waals surface area contributed by atoms with Gasteiger partial charge in [-0.2, -0.15) is 5.26 Å². The third-order valence-corrected chi connectivity index (χ3v) is 3.82. The van der Waals surface area contributed by atoms with Crippen LogP contribution in [-0.2, 0) is 13.0 Å². The van der Waals surface area contributed by atoms with Crippen molar-refractivity contribution in [2.45, 2.75) is 31.9 Å². The monoisotopic (exact) mass is 270 g/mol. The normalized spacial score (nSPS) is 17.6. The fraction of sp³-hybridized carbons (Fsp3) is 0.312. The van der Waals surface area contributed by atoms with Gasteiger partial charge in [-0.15, -0.1) is 0 Å². The topological polar surface area (TPSA) is 49.0 Å². The average Bonchev–Trinajstić information content (AvgIpc) is 2.85. The van der Waals surface area contributed by atoms with E-state index >= 15 is 0 Å². The van der Waals surface area contributed by atoms with E-state index in [0.29, 0.717) is 17.7 Å². The van der Waals surface area contributed by atoms with E-state index in [2.05, 4.69) is 0 Å². The van der Waals surface area contributed by atoms with Crippen molar-refractivity contribution in [3.63, 3.8) is 0 Å². The van der Waals surface area contributed by atoms with Gasteiger partial charge in [0.2, 0.25) is 0 Å². The second-order valence-corrected chi connectivity index (χ2v) is 5.24. The van der Waals surface area contributed by atoms with Crippen LogP contribution in [0, 0.1) is 17.1 Å². The zero-order chi connectivity index (χ0) is 14.1. The Morgan fingerprint density at radius 2 is 2.25 bits per heavy atom. The predicted octanol–water partition coefficient (Wildman–Crippen LogP) is 2.92. The molecule has 3 rings (SSSR count). The number of aliphatic hydroxyl groups excluding tert-OH is 1. The Kier molecular flexibility index (Phi) is 3.29. The molecule has 0 saturated carbocycles. The first-order chi connectivity index (χ1) is 9.67. The molecule has 1 aliphatic carbocycles. The molecule has 0 bridgehead atoms. The van der Waals surface area contributed by atoms with Crippen LogP contribution in [0.4, 0.5) is 4.39 Å². The highest BCUT2D eigenvalue weighted by molar-refractivity contribution is 5.34. The van der Waals surface area contributed by atoms with E-state index in [-0.39, 0.29) is 5.82 Å². The fourth-order valence-electron chi connectivity index (χ4n) is 2.76. The Morgan fingerprint density at radius 3 is 2.95 bits per heavy atom. The zero-order valence-electron chi connectivity index (χ0n) is 11.0. The SMILES string of the molecule is N#Cc1ccc(Cn2cc3c(c2)C(O)CCC3)c(F)c1. The minimum Gasteiger partial charge on any atom is -0.388 e. The van der Waals surface area contributed by atoms with Crippen molar-refractivity contribution >= 4 is 0 Å². The van der Waals surface area contributed by atoms with Crippen LogP contribution in [0.2, 0.25) is 0 Å². The second-order valence-electron chi connectivity index (χ2n) is 5.24. The van der Waals surface area contributed by atoms with Gasteiger partial charge in [-0.25, -0.2) is 4.39 Å².